The van der Waals surface area contributed by atoms with E-state index in [9.17, 15) is 36.7 Å². The molecule has 2 aromatic rings. The Labute approximate surface area is 259 Å². The van der Waals surface area contributed by atoms with E-state index in [-0.39, 0.29) is 37.4 Å². The van der Waals surface area contributed by atoms with Crippen LogP contribution < -0.4 is 14.8 Å². The molecule has 13 heteroatoms. The predicted octanol–water partition coefficient (Wildman–Crippen LogP) is 5.62. The van der Waals surface area contributed by atoms with Crippen molar-refractivity contribution in [1.29, 1.82) is 0 Å². The Hall–Kier alpha value is -4.16. The third-order valence-corrected chi connectivity index (χ3v) is 6.94. The topological polar surface area (TPSA) is 111 Å². The van der Waals surface area contributed by atoms with Crippen LogP contribution >= 0.6 is 0 Å². The van der Waals surface area contributed by atoms with Crippen molar-refractivity contribution in [2.45, 2.75) is 77.9 Å². The summed E-state index contributed by atoms with van der Waals surface area (Å²) < 4.78 is 70.8. The number of halogens is 4. The molecule has 0 aliphatic carbocycles. The minimum atomic E-state index is -1.85. The van der Waals surface area contributed by atoms with Crippen molar-refractivity contribution in [3.8, 4) is 11.5 Å². The van der Waals surface area contributed by atoms with E-state index in [0.29, 0.717) is 5.75 Å². The van der Waals surface area contributed by atoms with Crippen LogP contribution in [0, 0.1) is 29.2 Å². The molecule has 1 aliphatic heterocycles. The first kappa shape index (κ1) is 35.3. The summed E-state index contributed by atoms with van der Waals surface area (Å²) >= 11 is 0. The molecular weight excluding hydrogens is 600 g/mol. The van der Waals surface area contributed by atoms with Crippen LogP contribution in [0.25, 0.3) is 0 Å². The Balaban J connectivity index is 1.66. The van der Waals surface area contributed by atoms with Gasteiger partial charge in [-0.25, -0.2) is 13.6 Å². The van der Waals surface area contributed by atoms with Crippen LogP contribution in [0.15, 0.2) is 30.3 Å². The second-order valence-electron chi connectivity index (χ2n) is 12.8. The van der Waals surface area contributed by atoms with Gasteiger partial charge in [-0.05, 0) is 45.1 Å². The van der Waals surface area contributed by atoms with Crippen LogP contribution in [0.5, 0.6) is 11.5 Å². The lowest BCUT2D eigenvalue weighted by molar-refractivity contribution is -0.156. The second-order valence-corrected chi connectivity index (χ2v) is 12.8. The molecule has 1 fully saturated rings. The van der Waals surface area contributed by atoms with Gasteiger partial charge in [0.2, 0.25) is 17.5 Å². The number of nitrogens with zero attached hydrogens (tertiary/aromatic N) is 1. The molecule has 0 spiro atoms. The number of carbonyl (C=O) groups excluding carboxylic acids is 4. The molecule has 9 nitrogen and oxygen atoms in total. The standard InChI is InChI=1S/C32H38F4N2O7/c1-31(2,3)19-9-7-8-10-24(19)44-30(42)38-13-11-18(12-14-38)29(41)37-22(16-25(40)45-32(4,5)6)23(39)17-43-28-26(35)20(33)15-21(34)27(28)36/h7-10,15,18,22H,11-14,16-17H2,1-6H3,(H,37,41)/t22-/m0/s1. The molecule has 2 aromatic carbocycles. The zero-order valence-electron chi connectivity index (χ0n) is 26.1. The number of carbonyl (C=O) groups is 4. The van der Waals surface area contributed by atoms with Gasteiger partial charge in [-0.3, -0.25) is 14.4 Å². The molecule has 0 radical (unpaired) electrons. The Morgan fingerprint density at radius 3 is 2.07 bits per heavy atom. The van der Waals surface area contributed by atoms with Crippen molar-refractivity contribution >= 4 is 23.8 Å². The summed E-state index contributed by atoms with van der Waals surface area (Å²) in [5.74, 6) is -11.3. The number of rotatable bonds is 9. The normalized spacial score (nSPS) is 14.8. The number of ether oxygens (including phenoxy) is 3. The molecule has 1 N–H and O–H groups in total. The highest BCUT2D eigenvalue weighted by Gasteiger charge is 2.34. The van der Waals surface area contributed by atoms with E-state index in [4.69, 9.17) is 14.2 Å². The van der Waals surface area contributed by atoms with Gasteiger partial charge in [0.25, 0.3) is 0 Å². The van der Waals surface area contributed by atoms with Gasteiger partial charge in [0.1, 0.15) is 24.0 Å². The van der Waals surface area contributed by atoms with Gasteiger partial charge in [-0.1, -0.05) is 39.0 Å². The molecule has 45 heavy (non-hydrogen) atoms. The molecule has 1 atom stereocenters. The van der Waals surface area contributed by atoms with E-state index in [1.165, 1.54) is 4.90 Å². The Bertz CT molecular complexity index is 1400. The Kier molecular flexibility index (Phi) is 11.2. The van der Waals surface area contributed by atoms with Crippen molar-refractivity contribution in [2.75, 3.05) is 19.7 Å². The number of para-hydroxylation sites is 1. The van der Waals surface area contributed by atoms with Crippen LogP contribution in [0.3, 0.4) is 0 Å². The maximum absolute atomic E-state index is 14.0. The maximum atomic E-state index is 14.0. The minimum absolute atomic E-state index is 0.0132. The van der Waals surface area contributed by atoms with Gasteiger partial charge in [0.05, 0.1) is 6.42 Å². The smallest absolute Gasteiger partial charge is 0.415 e. The molecule has 0 unspecified atom stereocenters. The van der Waals surface area contributed by atoms with Crippen molar-refractivity contribution in [1.82, 2.24) is 10.2 Å². The highest BCUT2D eigenvalue weighted by molar-refractivity contribution is 5.93. The zero-order valence-corrected chi connectivity index (χ0v) is 26.1. The van der Waals surface area contributed by atoms with E-state index in [2.05, 4.69) is 5.32 Å². The van der Waals surface area contributed by atoms with Crippen molar-refractivity contribution in [3.63, 3.8) is 0 Å². The van der Waals surface area contributed by atoms with Crippen LogP contribution in [-0.2, 0) is 24.5 Å². The first-order chi connectivity index (χ1) is 20.9. The summed E-state index contributed by atoms with van der Waals surface area (Å²) in [4.78, 5) is 53.0. The maximum Gasteiger partial charge on any atom is 0.415 e. The largest absolute Gasteiger partial charge is 0.479 e. The molecule has 1 saturated heterocycles. The number of Topliss-reactive ketones (excluding diaryl/α,β-unsaturated/α-hetero) is 1. The molecule has 1 heterocycles. The second kappa shape index (κ2) is 14.3. The number of amides is 2. The number of piperidine rings is 1. The zero-order chi connectivity index (χ0) is 33.7. The lowest BCUT2D eigenvalue weighted by Crippen LogP contribution is -2.49. The molecule has 3 rings (SSSR count). The first-order valence-corrected chi connectivity index (χ1v) is 14.4. The molecule has 0 saturated carbocycles. The van der Waals surface area contributed by atoms with Crippen LogP contribution in [0.4, 0.5) is 22.4 Å². The molecule has 246 valence electrons. The quantitative estimate of drug-likeness (QED) is 0.216. The van der Waals surface area contributed by atoms with Crippen molar-refractivity contribution < 1.29 is 51.0 Å². The summed E-state index contributed by atoms with van der Waals surface area (Å²) in [6.07, 6.45) is -0.796. The summed E-state index contributed by atoms with van der Waals surface area (Å²) in [7, 11) is 0. The van der Waals surface area contributed by atoms with Gasteiger partial charge >= 0.3 is 12.1 Å². The molecule has 2 amide bonds. The number of nitrogens with one attached hydrogen (secondary N) is 1. The monoisotopic (exact) mass is 638 g/mol. The third-order valence-electron chi connectivity index (χ3n) is 6.94. The number of likely N-dealkylation sites (tertiary alicyclic amines) is 1. The molecule has 1 aliphatic rings. The van der Waals surface area contributed by atoms with Crippen molar-refractivity contribution in [3.05, 3.63) is 59.2 Å². The minimum Gasteiger partial charge on any atom is -0.479 e. The Morgan fingerprint density at radius 2 is 1.51 bits per heavy atom. The average Bonchev–Trinajstić information content (AvgIpc) is 2.94. The third kappa shape index (κ3) is 9.66. The fraction of sp³-hybridized carbons (Fsp3) is 0.500. The number of benzene rings is 2. The first-order valence-electron chi connectivity index (χ1n) is 14.4. The van der Waals surface area contributed by atoms with Gasteiger partial charge in [-0.15, -0.1) is 0 Å². The lowest BCUT2D eigenvalue weighted by Gasteiger charge is -2.32. The van der Waals surface area contributed by atoms with Gasteiger partial charge in [0.15, 0.2) is 23.2 Å². The highest BCUT2D eigenvalue weighted by Crippen LogP contribution is 2.32. The highest BCUT2D eigenvalue weighted by atomic mass is 19.2. The number of hydrogen-bond donors (Lipinski definition) is 1. The summed E-state index contributed by atoms with van der Waals surface area (Å²) in [5.41, 5.74) is -0.341. The SMILES string of the molecule is CC(C)(C)OC(=O)C[C@H](NC(=O)C1CCN(C(=O)Oc2ccccc2C(C)(C)C)CC1)C(=O)COc1c(F)c(F)cc(F)c1F. The molecule has 0 aromatic heterocycles. The summed E-state index contributed by atoms with van der Waals surface area (Å²) in [6, 6.07) is 5.64. The predicted molar refractivity (Wildman–Crippen MR) is 155 cm³/mol. The van der Waals surface area contributed by atoms with Crippen LogP contribution in [0.1, 0.15) is 66.4 Å². The molecule has 0 bridgehead atoms. The summed E-state index contributed by atoms with van der Waals surface area (Å²) in [6.45, 7) is 9.98. The summed E-state index contributed by atoms with van der Waals surface area (Å²) in [5, 5.41) is 2.46. The van der Waals surface area contributed by atoms with E-state index in [1.54, 1.807) is 32.9 Å². The van der Waals surface area contributed by atoms with E-state index >= 15 is 0 Å². The van der Waals surface area contributed by atoms with Crippen LogP contribution in [0.2, 0.25) is 0 Å². The van der Waals surface area contributed by atoms with Gasteiger partial charge < -0.3 is 24.4 Å². The number of hydrogen-bond acceptors (Lipinski definition) is 7. The number of esters is 1. The average molecular weight is 639 g/mol. The van der Waals surface area contributed by atoms with E-state index in [0.717, 1.165) is 5.56 Å². The van der Waals surface area contributed by atoms with E-state index in [1.807, 2.05) is 32.9 Å². The fourth-order valence-electron chi connectivity index (χ4n) is 4.66. The van der Waals surface area contributed by atoms with Crippen LogP contribution in [-0.4, -0.2) is 60.0 Å². The van der Waals surface area contributed by atoms with E-state index < -0.39 is 83.4 Å². The fourth-order valence-corrected chi connectivity index (χ4v) is 4.66. The number of ketones is 1. The molecular formula is C32H38F4N2O7. The lowest BCUT2D eigenvalue weighted by atomic mass is 9.86. The van der Waals surface area contributed by atoms with Crippen molar-refractivity contribution in [2.24, 2.45) is 5.92 Å². The van der Waals surface area contributed by atoms with Gasteiger partial charge in [0, 0.05) is 30.6 Å². The Morgan fingerprint density at radius 1 is 0.933 bits per heavy atom. The van der Waals surface area contributed by atoms with Gasteiger partial charge in [-0.2, -0.15) is 8.78 Å².